The Bertz CT molecular complexity index is 734. The molecule has 0 radical (unpaired) electrons. The van der Waals surface area contributed by atoms with Gasteiger partial charge in [0.15, 0.2) is 5.69 Å². The van der Waals surface area contributed by atoms with Crippen molar-refractivity contribution >= 4 is 11.9 Å². The number of benzene rings is 1. The van der Waals surface area contributed by atoms with Crippen molar-refractivity contribution in [3.8, 4) is 5.75 Å². The van der Waals surface area contributed by atoms with E-state index in [2.05, 4.69) is 36.1 Å². The summed E-state index contributed by atoms with van der Waals surface area (Å²) in [7, 11) is 0. The van der Waals surface area contributed by atoms with Gasteiger partial charge in [-0.3, -0.25) is 4.79 Å². The lowest BCUT2D eigenvalue weighted by molar-refractivity contribution is 0.0689. The maximum absolute atomic E-state index is 11.9. The van der Waals surface area contributed by atoms with Crippen LogP contribution in [0.3, 0.4) is 0 Å². The summed E-state index contributed by atoms with van der Waals surface area (Å²) < 4.78 is 5.58. The predicted molar refractivity (Wildman–Crippen MR) is 92.0 cm³/mol. The molecule has 1 aromatic carbocycles. The number of ether oxygens (including phenoxy) is 1. The standard InChI is InChI=1S/C18H21N3O4/c1-18(2,3)12-4-6-13(7-5-12)25-9-8-19-16(22)14-10-21-15(11-20-14)17(23)24/h4-7,10-11H,8-9H2,1-3H3,(H,19,22)(H,23,24). The number of hydrogen-bond donors (Lipinski definition) is 2. The number of nitrogens with one attached hydrogen (secondary N) is 1. The number of rotatable bonds is 6. The summed E-state index contributed by atoms with van der Waals surface area (Å²) in [6.45, 7) is 7.03. The molecule has 0 spiro atoms. The van der Waals surface area contributed by atoms with Crippen LogP contribution in [-0.4, -0.2) is 40.1 Å². The van der Waals surface area contributed by atoms with Gasteiger partial charge in [-0.1, -0.05) is 32.9 Å². The van der Waals surface area contributed by atoms with Crippen LogP contribution >= 0.6 is 0 Å². The van der Waals surface area contributed by atoms with Gasteiger partial charge in [-0.2, -0.15) is 0 Å². The minimum atomic E-state index is -1.19. The molecule has 0 saturated heterocycles. The van der Waals surface area contributed by atoms with E-state index < -0.39 is 11.9 Å². The Kier molecular flexibility index (Phi) is 5.69. The van der Waals surface area contributed by atoms with Gasteiger partial charge in [0, 0.05) is 0 Å². The number of hydrogen-bond acceptors (Lipinski definition) is 5. The second kappa shape index (κ2) is 7.74. The molecule has 7 nitrogen and oxygen atoms in total. The van der Waals surface area contributed by atoms with Crippen LogP contribution in [0.1, 0.15) is 47.3 Å². The van der Waals surface area contributed by atoms with Gasteiger partial charge in [-0.25, -0.2) is 14.8 Å². The molecule has 1 amide bonds. The first-order valence-corrected chi connectivity index (χ1v) is 7.84. The van der Waals surface area contributed by atoms with E-state index in [0.29, 0.717) is 13.2 Å². The third-order valence-electron chi connectivity index (χ3n) is 3.48. The zero-order valence-corrected chi connectivity index (χ0v) is 14.4. The molecule has 0 saturated carbocycles. The van der Waals surface area contributed by atoms with E-state index in [1.807, 2.05) is 24.3 Å². The van der Waals surface area contributed by atoms with Crippen molar-refractivity contribution in [3.05, 3.63) is 53.6 Å². The third-order valence-corrected chi connectivity index (χ3v) is 3.48. The zero-order chi connectivity index (χ0) is 18.4. The molecular formula is C18H21N3O4. The van der Waals surface area contributed by atoms with Crippen LogP contribution in [0.2, 0.25) is 0 Å². The second-order valence-corrected chi connectivity index (χ2v) is 6.47. The van der Waals surface area contributed by atoms with Crippen molar-refractivity contribution in [1.29, 1.82) is 0 Å². The van der Waals surface area contributed by atoms with Gasteiger partial charge in [-0.15, -0.1) is 0 Å². The number of carbonyl (C=O) groups excluding carboxylic acids is 1. The molecule has 1 aromatic heterocycles. The summed E-state index contributed by atoms with van der Waals surface area (Å²) in [6, 6.07) is 7.85. The predicted octanol–water partition coefficient (Wildman–Crippen LogP) is 2.28. The highest BCUT2D eigenvalue weighted by Gasteiger charge is 2.13. The van der Waals surface area contributed by atoms with E-state index in [9.17, 15) is 9.59 Å². The lowest BCUT2D eigenvalue weighted by atomic mass is 9.87. The average Bonchev–Trinajstić information content (AvgIpc) is 2.58. The van der Waals surface area contributed by atoms with Crippen LogP contribution in [0, 0.1) is 0 Å². The Morgan fingerprint density at radius 2 is 1.68 bits per heavy atom. The van der Waals surface area contributed by atoms with Gasteiger partial charge in [-0.05, 0) is 23.1 Å². The van der Waals surface area contributed by atoms with E-state index in [0.717, 1.165) is 18.1 Å². The highest BCUT2D eigenvalue weighted by atomic mass is 16.5. The molecule has 25 heavy (non-hydrogen) atoms. The number of carbonyl (C=O) groups is 2. The summed E-state index contributed by atoms with van der Waals surface area (Å²) in [5.41, 5.74) is 1.15. The van der Waals surface area contributed by atoms with Crippen LogP contribution in [0.15, 0.2) is 36.7 Å². The summed E-state index contributed by atoms with van der Waals surface area (Å²) in [4.78, 5) is 30.0. The fourth-order valence-corrected chi connectivity index (χ4v) is 2.03. The fraction of sp³-hybridized carbons (Fsp3) is 0.333. The first kappa shape index (κ1) is 18.4. The normalized spacial score (nSPS) is 11.0. The Balaban J connectivity index is 1.78. The number of aromatic carboxylic acids is 1. The largest absolute Gasteiger partial charge is 0.492 e. The molecule has 0 aliphatic carbocycles. The van der Waals surface area contributed by atoms with Crippen LogP contribution < -0.4 is 10.1 Å². The number of carboxylic acids is 1. The van der Waals surface area contributed by atoms with Gasteiger partial charge in [0.2, 0.25) is 0 Å². The van der Waals surface area contributed by atoms with Gasteiger partial charge in [0.25, 0.3) is 5.91 Å². The Labute approximate surface area is 146 Å². The molecule has 0 fully saturated rings. The summed E-state index contributed by atoms with van der Waals surface area (Å²) in [5, 5.41) is 11.4. The van der Waals surface area contributed by atoms with Crippen LogP contribution in [-0.2, 0) is 5.41 Å². The molecule has 0 unspecified atom stereocenters. The van der Waals surface area contributed by atoms with E-state index in [4.69, 9.17) is 9.84 Å². The van der Waals surface area contributed by atoms with Crippen molar-refractivity contribution in [2.45, 2.75) is 26.2 Å². The minimum Gasteiger partial charge on any atom is -0.492 e. The van der Waals surface area contributed by atoms with E-state index in [-0.39, 0.29) is 16.8 Å². The fourth-order valence-electron chi connectivity index (χ4n) is 2.03. The summed E-state index contributed by atoms with van der Waals surface area (Å²) in [6.07, 6.45) is 2.18. The highest BCUT2D eigenvalue weighted by Crippen LogP contribution is 2.24. The molecule has 0 bridgehead atoms. The lowest BCUT2D eigenvalue weighted by Gasteiger charge is -2.19. The highest BCUT2D eigenvalue weighted by molar-refractivity contribution is 5.92. The van der Waals surface area contributed by atoms with E-state index in [1.165, 1.54) is 5.56 Å². The molecule has 1 heterocycles. The molecule has 132 valence electrons. The van der Waals surface area contributed by atoms with Crippen molar-refractivity contribution in [2.24, 2.45) is 0 Å². The summed E-state index contributed by atoms with van der Waals surface area (Å²) >= 11 is 0. The van der Waals surface area contributed by atoms with Crippen molar-refractivity contribution in [1.82, 2.24) is 15.3 Å². The first-order valence-electron chi connectivity index (χ1n) is 7.84. The minimum absolute atomic E-state index is 0.0551. The second-order valence-electron chi connectivity index (χ2n) is 6.47. The Hall–Kier alpha value is -2.96. The molecule has 2 N–H and O–H groups in total. The number of nitrogens with zero attached hydrogens (tertiary/aromatic N) is 2. The quantitative estimate of drug-likeness (QED) is 0.780. The van der Waals surface area contributed by atoms with Crippen LogP contribution in [0.5, 0.6) is 5.75 Å². The van der Waals surface area contributed by atoms with Crippen LogP contribution in [0.25, 0.3) is 0 Å². The monoisotopic (exact) mass is 343 g/mol. The Morgan fingerprint density at radius 3 is 2.20 bits per heavy atom. The van der Waals surface area contributed by atoms with Crippen molar-refractivity contribution in [3.63, 3.8) is 0 Å². The topological polar surface area (TPSA) is 101 Å². The lowest BCUT2D eigenvalue weighted by Crippen LogP contribution is -2.29. The first-order chi connectivity index (χ1) is 11.8. The SMILES string of the molecule is CC(C)(C)c1ccc(OCCNC(=O)c2cnc(C(=O)O)cn2)cc1. The number of carboxylic acid groups (broad SMARTS) is 1. The maximum atomic E-state index is 11.9. The van der Waals surface area contributed by atoms with Gasteiger partial charge < -0.3 is 15.2 Å². The molecule has 7 heteroatoms. The third kappa shape index (κ3) is 5.27. The molecule has 0 aliphatic rings. The molecule has 2 rings (SSSR count). The van der Waals surface area contributed by atoms with Crippen molar-refractivity contribution in [2.75, 3.05) is 13.2 Å². The maximum Gasteiger partial charge on any atom is 0.356 e. The zero-order valence-electron chi connectivity index (χ0n) is 14.4. The Morgan fingerprint density at radius 1 is 1.08 bits per heavy atom. The molecule has 2 aromatic rings. The van der Waals surface area contributed by atoms with E-state index in [1.54, 1.807) is 0 Å². The smallest absolute Gasteiger partial charge is 0.356 e. The molecule has 0 aliphatic heterocycles. The van der Waals surface area contributed by atoms with Gasteiger partial charge in [0.05, 0.1) is 18.9 Å². The molecule has 0 atom stereocenters. The van der Waals surface area contributed by atoms with Crippen molar-refractivity contribution < 1.29 is 19.4 Å². The van der Waals surface area contributed by atoms with Gasteiger partial charge >= 0.3 is 5.97 Å². The van der Waals surface area contributed by atoms with E-state index >= 15 is 0 Å². The number of aromatic nitrogens is 2. The van der Waals surface area contributed by atoms with Crippen LogP contribution in [0.4, 0.5) is 0 Å². The number of amides is 1. The van der Waals surface area contributed by atoms with Gasteiger partial charge in [0.1, 0.15) is 18.1 Å². The average molecular weight is 343 g/mol. The molecular weight excluding hydrogens is 322 g/mol. The summed E-state index contributed by atoms with van der Waals surface area (Å²) in [5.74, 6) is -0.894.